The standard InChI is InChI=1S/C22H17FN2O3/c23-12-3-1-11(2-4-12)18-8-5-13(28-18)10-24-25-21(26)19-14-6-7-15(17-9-16(14)17)20(19)22(25)27/h1-8,10,14-17,19-20H,9H2/b24-10-/t14-,15+,16-,17-,19+,20-/m1/s1. The number of benzene rings is 1. The van der Waals surface area contributed by atoms with E-state index in [4.69, 9.17) is 4.42 Å². The second-order valence-electron chi connectivity index (χ2n) is 8.10. The molecule has 2 aromatic rings. The number of hydrazone groups is 1. The van der Waals surface area contributed by atoms with Gasteiger partial charge >= 0.3 is 0 Å². The van der Waals surface area contributed by atoms with Crippen molar-refractivity contribution in [2.45, 2.75) is 6.42 Å². The van der Waals surface area contributed by atoms with E-state index in [9.17, 15) is 14.0 Å². The van der Waals surface area contributed by atoms with Crippen molar-refractivity contribution in [2.75, 3.05) is 0 Å². The normalized spacial score (nSPS) is 35.0. The fraction of sp³-hybridized carbons (Fsp3) is 0.318. The first kappa shape index (κ1) is 16.0. The summed E-state index contributed by atoms with van der Waals surface area (Å²) in [6.45, 7) is 0. The van der Waals surface area contributed by atoms with E-state index in [2.05, 4.69) is 17.3 Å². The zero-order chi connectivity index (χ0) is 19.0. The van der Waals surface area contributed by atoms with Crippen LogP contribution in [0.15, 0.2) is 58.1 Å². The van der Waals surface area contributed by atoms with Crippen LogP contribution in [-0.2, 0) is 9.59 Å². The number of furan rings is 1. The molecule has 0 spiro atoms. The molecular formula is C22H17FN2O3. The first-order valence-corrected chi connectivity index (χ1v) is 9.58. The molecule has 2 heterocycles. The van der Waals surface area contributed by atoms with Crippen LogP contribution in [0.4, 0.5) is 4.39 Å². The lowest BCUT2D eigenvalue weighted by Crippen LogP contribution is -2.40. The van der Waals surface area contributed by atoms with Gasteiger partial charge in [-0.25, -0.2) is 4.39 Å². The molecule has 1 aliphatic heterocycles. The molecule has 1 saturated heterocycles. The van der Waals surface area contributed by atoms with Crippen molar-refractivity contribution < 1.29 is 18.4 Å². The van der Waals surface area contributed by atoms with Crippen LogP contribution in [0.2, 0.25) is 0 Å². The summed E-state index contributed by atoms with van der Waals surface area (Å²) in [5.74, 6) is 1.30. The highest BCUT2D eigenvalue weighted by molar-refractivity contribution is 6.06. The molecular weight excluding hydrogens is 359 g/mol. The first-order chi connectivity index (χ1) is 13.6. The van der Waals surface area contributed by atoms with Crippen LogP contribution >= 0.6 is 0 Å². The molecule has 4 aliphatic carbocycles. The highest BCUT2D eigenvalue weighted by Gasteiger charge is 2.67. The van der Waals surface area contributed by atoms with Crippen LogP contribution in [0, 0.1) is 41.3 Å². The largest absolute Gasteiger partial charge is 0.455 e. The molecule has 2 saturated carbocycles. The van der Waals surface area contributed by atoms with Gasteiger partial charge in [0.05, 0.1) is 18.1 Å². The number of amides is 2. The number of rotatable bonds is 3. The predicted molar refractivity (Wildman–Crippen MR) is 98.2 cm³/mol. The highest BCUT2D eigenvalue weighted by atomic mass is 19.1. The second-order valence-corrected chi connectivity index (χ2v) is 8.10. The maximum Gasteiger partial charge on any atom is 0.254 e. The van der Waals surface area contributed by atoms with Crippen molar-refractivity contribution >= 4 is 18.0 Å². The summed E-state index contributed by atoms with van der Waals surface area (Å²) >= 11 is 0. The summed E-state index contributed by atoms with van der Waals surface area (Å²) in [4.78, 5) is 25.8. The molecule has 3 fully saturated rings. The SMILES string of the molecule is O=C1[C@@H]2[C@H]3C=C[C@H]([C@H]4C[C@H]34)[C@@H]2C(=O)N1/N=C\c1ccc(-c2ccc(F)cc2)o1. The van der Waals surface area contributed by atoms with E-state index in [1.165, 1.54) is 18.3 Å². The van der Waals surface area contributed by atoms with E-state index in [-0.39, 0.29) is 41.3 Å². The Morgan fingerprint density at radius 2 is 1.61 bits per heavy atom. The van der Waals surface area contributed by atoms with Crippen LogP contribution in [0.3, 0.4) is 0 Å². The van der Waals surface area contributed by atoms with Crippen molar-refractivity contribution in [1.29, 1.82) is 0 Å². The molecule has 0 unspecified atom stereocenters. The monoisotopic (exact) mass is 376 g/mol. The average Bonchev–Trinajstić information content (AvgIpc) is 3.34. The van der Waals surface area contributed by atoms with Gasteiger partial charge in [0.25, 0.3) is 11.8 Å². The molecule has 6 atom stereocenters. The minimum Gasteiger partial charge on any atom is -0.455 e. The molecule has 0 N–H and O–H groups in total. The lowest BCUT2D eigenvalue weighted by molar-refractivity contribution is -0.140. The van der Waals surface area contributed by atoms with Crippen molar-refractivity contribution in [3.05, 3.63) is 60.1 Å². The average molecular weight is 376 g/mol. The third-order valence-electron chi connectivity index (χ3n) is 6.70. The van der Waals surface area contributed by atoms with E-state index in [0.29, 0.717) is 23.4 Å². The van der Waals surface area contributed by atoms with Gasteiger partial charge in [0.1, 0.15) is 17.3 Å². The summed E-state index contributed by atoms with van der Waals surface area (Å²) in [5.41, 5.74) is 0.738. The minimum atomic E-state index is -0.314. The van der Waals surface area contributed by atoms with Crippen molar-refractivity contribution in [2.24, 2.45) is 40.6 Å². The number of hydrogen-bond donors (Lipinski definition) is 0. The molecule has 2 bridgehead atoms. The third-order valence-corrected chi connectivity index (χ3v) is 6.70. The predicted octanol–water partition coefficient (Wildman–Crippen LogP) is 3.47. The quantitative estimate of drug-likeness (QED) is 0.468. The molecule has 5 nitrogen and oxygen atoms in total. The third kappa shape index (κ3) is 2.14. The van der Waals surface area contributed by atoms with Crippen molar-refractivity contribution in [3.8, 4) is 11.3 Å². The van der Waals surface area contributed by atoms with E-state index < -0.39 is 0 Å². The maximum atomic E-state index is 13.1. The number of halogens is 1. The lowest BCUT2D eigenvalue weighted by atomic mass is 9.63. The summed E-state index contributed by atoms with van der Waals surface area (Å²) in [6.07, 6.45) is 6.81. The fourth-order valence-corrected chi connectivity index (χ4v) is 5.36. The van der Waals surface area contributed by atoms with Gasteiger partial charge in [-0.15, -0.1) is 0 Å². The number of carbonyl (C=O) groups excluding carboxylic acids is 2. The molecule has 7 rings (SSSR count). The van der Waals surface area contributed by atoms with Gasteiger partial charge in [0.15, 0.2) is 0 Å². The smallest absolute Gasteiger partial charge is 0.254 e. The van der Waals surface area contributed by atoms with Gasteiger partial charge in [-0.1, -0.05) is 12.2 Å². The summed E-state index contributed by atoms with van der Waals surface area (Å²) in [7, 11) is 0. The van der Waals surface area contributed by atoms with Crippen molar-refractivity contribution in [1.82, 2.24) is 5.01 Å². The first-order valence-electron chi connectivity index (χ1n) is 9.58. The Hall–Kier alpha value is -3.02. The summed E-state index contributed by atoms with van der Waals surface area (Å²) in [6, 6.07) is 9.44. The Morgan fingerprint density at radius 1 is 0.964 bits per heavy atom. The Morgan fingerprint density at radius 3 is 2.25 bits per heavy atom. The molecule has 1 aromatic carbocycles. The Labute approximate surface area is 160 Å². The summed E-state index contributed by atoms with van der Waals surface area (Å²) in [5, 5.41) is 5.20. The fourth-order valence-electron chi connectivity index (χ4n) is 5.36. The van der Waals surface area contributed by atoms with Gasteiger partial charge in [-0.05, 0) is 66.5 Å². The van der Waals surface area contributed by atoms with Crippen LogP contribution in [-0.4, -0.2) is 23.0 Å². The zero-order valence-electron chi connectivity index (χ0n) is 14.9. The van der Waals surface area contributed by atoms with Crippen molar-refractivity contribution in [3.63, 3.8) is 0 Å². The zero-order valence-corrected chi connectivity index (χ0v) is 14.9. The number of imide groups is 1. The van der Waals surface area contributed by atoms with Crippen LogP contribution in [0.1, 0.15) is 12.2 Å². The Kier molecular flexibility index (Phi) is 3.14. The molecule has 140 valence electrons. The number of nitrogens with zero attached hydrogens (tertiary/aromatic N) is 2. The van der Waals surface area contributed by atoms with Gasteiger partial charge in [-0.3, -0.25) is 9.59 Å². The second kappa shape index (κ2) is 5.50. The summed E-state index contributed by atoms with van der Waals surface area (Å²) < 4.78 is 18.8. The molecule has 1 aromatic heterocycles. The molecule has 5 aliphatic rings. The number of carbonyl (C=O) groups is 2. The van der Waals surface area contributed by atoms with Gasteiger partial charge in [0.2, 0.25) is 0 Å². The molecule has 28 heavy (non-hydrogen) atoms. The van der Waals surface area contributed by atoms with E-state index in [1.54, 1.807) is 24.3 Å². The topological polar surface area (TPSA) is 62.9 Å². The molecule has 0 radical (unpaired) electrons. The highest BCUT2D eigenvalue weighted by Crippen LogP contribution is 2.65. The maximum absolute atomic E-state index is 13.1. The molecule has 6 heteroatoms. The number of hydrogen-bond acceptors (Lipinski definition) is 4. The Balaban J connectivity index is 1.24. The van der Waals surface area contributed by atoms with Gasteiger partial charge in [-0.2, -0.15) is 10.1 Å². The van der Waals surface area contributed by atoms with Crippen LogP contribution in [0.5, 0.6) is 0 Å². The van der Waals surface area contributed by atoms with Gasteiger partial charge in [0, 0.05) is 5.56 Å². The van der Waals surface area contributed by atoms with Gasteiger partial charge < -0.3 is 4.42 Å². The lowest BCUT2D eigenvalue weighted by Gasteiger charge is -2.37. The van der Waals surface area contributed by atoms with E-state index in [0.717, 1.165) is 17.0 Å². The van der Waals surface area contributed by atoms with Crippen LogP contribution < -0.4 is 0 Å². The van der Waals surface area contributed by atoms with Crippen LogP contribution in [0.25, 0.3) is 11.3 Å². The minimum absolute atomic E-state index is 0.186. The Bertz CT molecular complexity index is 1020. The van der Waals surface area contributed by atoms with E-state index in [1.807, 2.05) is 0 Å². The number of allylic oxidation sites excluding steroid dienone is 2. The molecule has 2 amide bonds. The van der Waals surface area contributed by atoms with E-state index >= 15 is 0 Å².